The molecule has 0 saturated carbocycles. The summed E-state index contributed by atoms with van der Waals surface area (Å²) < 4.78 is 1.14. The summed E-state index contributed by atoms with van der Waals surface area (Å²) in [7, 11) is 2.16. The van der Waals surface area contributed by atoms with Gasteiger partial charge in [-0.05, 0) is 24.6 Å². The molecular weight excluding hydrogens is 278 g/mol. The summed E-state index contributed by atoms with van der Waals surface area (Å²) in [6.45, 7) is 7.64. The molecule has 1 aliphatic rings. The average molecular weight is 298 g/mol. The summed E-state index contributed by atoms with van der Waals surface area (Å²) >= 11 is 3.54. The van der Waals surface area contributed by atoms with Crippen molar-refractivity contribution >= 4 is 21.6 Å². The van der Waals surface area contributed by atoms with Gasteiger partial charge in [0.25, 0.3) is 0 Å². The summed E-state index contributed by atoms with van der Waals surface area (Å²) in [5.74, 6) is 0. The van der Waals surface area contributed by atoms with Gasteiger partial charge in [0.05, 0.1) is 6.67 Å². The fourth-order valence-electron chi connectivity index (χ4n) is 2.22. The third-order valence-corrected chi connectivity index (χ3v) is 3.70. The highest BCUT2D eigenvalue weighted by molar-refractivity contribution is 9.10. The summed E-state index contributed by atoms with van der Waals surface area (Å²) in [4.78, 5) is 4.81. The molecule has 1 aliphatic heterocycles. The first-order chi connectivity index (χ1) is 8.16. The number of rotatable bonds is 3. The van der Waals surface area contributed by atoms with E-state index < -0.39 is 0 Å². The predicted octanol–water partition coefficient (Wildman–Crippen LogP) is 2.06. The molecule has 94 valence electrons. The van der Waals surface area contributed by atoms with Crippen LogP contribution in [0.25, 0.3) is 0 Å². The van der Waals surface area contributed by atoms with Gasteiger partial charge in [-0.25, -0.2) is 0 Å². The first-order valence-corrected chi connectivity index (χ1v) is 6.86. The van der Waals surface area contributed by atoms with Gasteiger partial charge in [0.1, 0.15) is 0 Å². The number of benzene rings is 1. The van der Waals surface area contributed by atoms with Crippen molar-refractivity contribution in [1.29, 1.82) is 0 Å². The fourth-order valence-corrected chi connectivity index (χ4v) is 2.57. The Morgan fingerprint density at radius 1 is 1.35 bits per heavy atom. The van der Waals surface area contributed by atoms with Crippen molar-refractivity contribution in [2.45, 2.75) is 6.92 Å². The van der Waals surface area contributed by atoms with Gasteiger partial charge in [0, 0.05) is 43.4 Å². The minimum Gasteiger partial charge on any atom is -0.361 e. The maximum Gasteiger partial charge on any atom is 0.0704 e. The van der Waals surface area contributed by atoms with E-state index in [1.165, 1.54) is 11.3 Å². The highest BCUT2D eigenvalue weighted by atomic mass is 79.9. The van der Waals surface area contributed by atoms with Crippen LogP contribution in [0.3, 0.4) is 0 Å². The van der Waals surface area contributed by atoms with E-state index in [9.17, 15) is 0 Å². The molecule has 3 nitrogen and oxygen atoms in total. The molecular formula is C13H20BrN3. The average Bonchev–Trinajstić information content (AvgIpc) is 2.33. The van der Waals surface area contributed by atoms with Crippen LogP contribution in [0.2, 0.25) is 0 Å². The van der Waals surface area contributed by atoms with E-state index in [0.29, 0.717) is 0 Å². The lowest BCUT2D eigenvalue weighted by Crippen LogP contribution is -2.47. The van der Waals surface area contributed by atoms with E-state index in [1.54, 1.807) is 0 Å². The molecule has 1 N–H and O–H groups in total. The second kappa shape index (κ2) is 5.85. The van der Waals surface area contributed by atoms with Gasteiger partial charge in [-0.2, -0.15) is 0 Å². The normalized spacial score (nSPS) is 17.1. The van der Waals surface area contributed by atoms with Gasteiger partial charge in [0.15, 0.2) is 0 Å². The second-order valence-corrected chi connectivity index (χ2v) is 5.55. The van der Waals surface area contributed by atoms with Gasteiger partial charge in [0.2, 0.25) is 0 Å². The Morgan fingerprint density at radius 2 is 2.06 bits per heavy atom. The zero-order valence-corrected chi connectivity index (χ0v) is 12.1. The monoisotopic (exact) mass is 297 g/mol. The van der Waals surface area contributed by atoms with Crippen LogP contribution in [0.1, 0.15) is 5.56 Å². The Morgan fingerprint density at radius 3 is 2.76 bits per heavy atom. The number of hydrogen-bond acceptors (Lipinski definition) is 3. The van der Waals surface area contributed by atoms with Gasteiger partial charge in [-0.3, -0.25) is 4.90 Å². The van der Waals surface area contributed by atoms with Crippen LogP contribution in [-0.4, -0.2) is 44.8 Å². The van der Waals surface area contributed by atoms with Gasteiger partial charge >= 0.3 is 0 Å². The van der Waals surface area contributed by atoms with Crippen LogP contribution < -0.4 is 10.2 Å². The molecule has 0 atom stereocenters. The number of aryl methyl sites for hydroxylation is 1. The van der Waals surface area contributed by atoms with Crippen molar-refractivity contribution in [3.8, 4) is 0 Å². The summed E-state index contributed by atoms with van der Waals surface area (Å²) in [6, 6.07) is 6.45. The molecule has 1 fully saturated rings. The number of halogens is 1. The Bertz CT molecular complexity index is 375. The largest absolute Gasteiger partial charge is 0.361 e. The quantitative estimate of drug-likeness (QED) is 0.921. The number of nitrogens with one attached hydrogen (secondary N) is 1. The molecule has 0 radical (unpaired) electrons. The van der Waals surface area contributed by atoms with Crippen LogP contribution in [0.4, 0.5) is 5.69 Å². The Balaban J connectivity index is 2.02. The number of nitrogens with zero attached hydrogens (tertiary/aromatic N) is 2. The predicted molar refractivity (Wildman–Crippen MR) is 76.6 cm³/mol. The van der Waals surface area contributed by atoms with E-state index >= 15 is 0 Å². The summed E-state index contributed by atoms with van der Waals surface area (Å²) in [5, 5.41) is 3.38. The number of anilines is 1. The molecule has 0 amide bonds. The zero-order chi connectivity index (χ0) is 12.3. The topological polar surface area (TPSA) is 18.5 Å². The van der Waals surface area contributed by atoms with E-state index in [1.807, 2.05) is 0 Å². The molecule has 1 saturated heterocycles. The van der Waals surface area contributed by atoms with Crippen molar-refractivity contribution in [2.75, 3.05) is 44.8 Å². The zero-order valence-electron chi connectivity index (χ0n) is 10.5. The van der Waals surface area contributed by atoms with Crippen LogP contribution in [-0.2, 0) is 0 Å². The smallest absolute Gasteiger partial charge is 0.0704 e. The van der Waals surface area contributed by atoms with Crippen LogP contribution in [0.15, 0.2) is 22.7 Å². The van der Waals surface area contributed by atoms with Crippen molar-refractivity contribution in [3.63, 3.8) is 0 Å². The van der Waals surface area contributed by atoms with E-state index in [-0.39, 0.29) is 0 Å². The Hall–Kier alpha value is -0.580. The maximum absolute atomic E-state index is 3.54. The van der Waals surface area contributed by atoms with Crippen molar-refractivity contribution in [3.05, 3.63) is 28.2 Å². The molecule has 0 spiro atoms. The molecule has 0 bridgehead atoms. The number of piperazine rings is 1. The van der Waals surface area contributed by atoms with Gasteiger partial charge in [-0.1, -0.05) is 22.0 Å². The lowest BCUT2D eigenvalue weighted by Gasteiger charge is -2.33. The molecule has 0 aliphatic carbocycles. The first kappa shape index (κ1) is 12.9. The van der Waals surface area contributed by atoms with Gasteiger partial charge in [-0.15, -0.1) is 0 Å². The fraction of sp³-hybridized carbons (Fsp3) is 0.538. The minimum absolute atomic E-state index is 0.999. The molecule has 2 rings (SSSR count). The third-order valence-electron chi connectivity index (χ3n) is 3.20. The van der Waals surface area contributed by atoms with Crippen molar-refractivity contribution in [1.82, 2.24) is 10.2 Å². The van der Waals surface area contributed by atoms with E-state index in [0.717, 1.165) is 37.3 Å². The molecule has 1 aromatic rings. The van der Waals surface area contributed by atoms with Crippen molar-refractivity contribution < 1.29 is 0 Å². The second-order valence-electron chi connectivity index (χ2n) is 4.64. The van der Waals surface area contributed by atoms with Crippen molar-refractivity contribution in [2.24, 2.45) is 0 Å². The molecule has 0 aromatic heterocycles. The molecule has 1 heterocycles. The lowest BCUT2D eigenvalue weighted by molar-refractivity contribution is 0.243. The first-order valence-electron chi connectivity index (χ1n) is 6.07. The minimum atomic E-state index is 0.999. The molecule has 17 heavy (non-hydrogen) atoms. The standard InChI is InChI=1S/C13H20BrN3/c1-11-3-4-12(14)9-13(11)16(2)10-17-7-5-15-6-8-17/h3-4,9,15H,5-8,10H2,1-2H3. The highest BCUT2D eigenvalue weighted by Crippen LogP contribution is 2.23. The van der Waals surface area contributed by atoms with Crippen LogP contribution in [0, 0.1) is 6.92 Å². The molecule has 0 unspecified atom stereocenters. The SMILES string of the molecule is Cc1ccc(Br)cc1N(C)CN1CCNCC1. The highest BCUT2D eigenvalue weighted by Gasteiger charge is 2.13. The molecule has 1 aromatic carbocycles. The molecule has 4 heteroatoms. The van der Waals surface area contributed by atoms with E-state index in [2.05, 4.69) is 63.2 Å². The van der Waals surface area contributed by atoms with Gasteiger partial charge < -0.3 is 10.2 Å². The Kier molecular flexibility index (Phi) is 4.42. The number of hydrogen-bond donors (Lipinski definition) is 1. The lowest BCUT2D eigenvalue weighted by atomic mass is 10.2. The van der Waals surface area contributed by atoms with E-state index in [4.69, 9.17) is 0 Å². The Labute approximate surface area is 112 Å². The maximum atomic E-state index is 3.54. The van der Waals surface area contributed by atoms with Crippen LogP contribution >= 0.6 is 15.9 Å². The third kappa shape index (κ3) is 3.44. The van der Waals surface area contributed by atoms with Crippen LogP contribution in [0.5, 0.6) is 0 Å². The summed E-state index contributed by atoms with van der Waals surface area (Å²) in [6.07, 6.45) is 0. The summed E-state index contributed by atoms with van der Waals surface area (Å²) in [5.41, 5.74) is 2.63.